The molecule has 0 unspecified atom stereocenters. The summed E-state index contributed by atoms with van der Waals surface area (Å²) >= 11 is 8.19. The van der Waals surface area contributed by atoms with Gasteiger partial charge in [0.2, 0.25) is 0 Å². The first-order chi connectivity index (χ1) is 9.86. The summed E-state index contributed by atoms with van der Waals surface area (Å²) in [5, 5.41) is 21.4. The molecule has 2 aromatic rings. The highest BCUT2D eigenvalue weighted by atomic mass is 79.9. The Bertz CT molecular complexity index is 714. The molecule has 0 saturated heterocycles. The number of aromatic hydroxyl groups is 2. The summed E-state index contributed by atoms with van der Waals surface area (Å²) in [5.74, 6) is -0.851. The van der Waals surface area contributed by atoms with Crippen molar-refractivity contribution in [3.8, 4) is 11.5 Å². The summed E-state index contributed by atoms with van der Waals surface area (Å²) in [6.45, 7) is 0. The van der Waals surface area contributed by atoms with Crippen molar-refractivity contribution in [3.63, 3.8) is 0 Å². The molecule has 2 rings (SSSR count). The lowest BCUT2D eigenvalue weighted by molar-refractivity contribution is 0.102. The van der Waals surface area contributed by atoms with Gasteiger partial charge in [-0.25, -0.2) is 0 Å². The van der Waals surface area contributed by atoms with Crippen LogP contribution in [0.5, 0.6) is 11.5 Å². The Kier molecular flexibility index (Phi) is 4.44. The molecule has 108 valence electrons. The van der Waals surface area contributed by atoms with Gasteiger partial charge < -0.3 is 21.3 Å². The van der Waals surface area contributed by atoms with Gasteiger partial charge in [-0.3, -0.25) is 4.79 Å². The van der Waals surface area contributed by atoms with Crippen LogP contribution >= 0.6 is 28.1 Å². The van der Waals surface area contributed by atoms with E-state index < -0.39 is 5.91 Å². The highest BCUT2D eigenvalue weighted by molar-refractivity contribution is 9.10. The van der Waals surface area contributed by atoms with Crippen molar-refractivity contribution in [2.75, 3.05) is 5.32 Å². The quantitative estimate of drug-likeness (QED) is 0.626. The van der Waals surface area contributed by atoms with E-state index in [0.29, 0.717) is 15.7 Å². The van der Waals surface area contributed by atoms with E-state index in [2.05, 4.69) is 21.2 Å². The number of nitrogens with two attached hydrogens (primary N) is 1. The first-order valence-electron chi connectivity index (χ1n) is 5.80. The van der Waals surface area contributed by atoms with Gasteiger partial charge >= 0.3 is 0 Å². The molecule has 0 atom stereocenters. The molecule has 0 heterocycles. The molecule has 0 bridgehead atoms. The summed E-state index contributed by atoms with van der Waals surface area (Å²) < 4.78 is 0.616. The molecule has 0 aliphatic carbocycles. The number of hydrogen-bond donors (Lipinski definition) is 4. The van der Waals surface area contributed by atoms with Crippen LogP contribution in [0, 0.1) is 0 Å². The lowest BCUT2D eigenvalue weighted by Gasteiger charge is -2.09. The molecule has 2 aromatic carbocycles. The van der Waals surface area contributed by atoms with E-state index in [1.807, 2.05) is 0 Å². The number of phenolic OH excluding ortho intramolecular Hbond substituents is 2. The van der Waals surface area contributed by atoms with Crippen LogP contribution in [0.4, 0.5) is 5.69 Å². The summed E-state index contributed by atoms with van der Waals surface area (Å²) in [6, 6.07) is 8.68. The minimum Gasteiger partial charge on any atom is -0.508 e. The van der Waals surface area contributed by atoms with Gasteiger partial charge in [0.05, 0.1) is 5.69 Å². The molecule has 0 aliphatic rings. The Balaban J connectivity index is 2.25. The minimum atomic E-state index is -0.468. The molecule has 0 aromatic heterocycles. The summed E-state index contributed by atoms with van der Waals surface area (Å²) in [7, 11) is 0. The number of phenols is 2. The molecule has 1 amide bonds. The highest BCUT2D eigenvalue weighted by Crippen LogP contribution is 2.26. The van der Waals surface area contributed by atoms with E-state index in [1.54, 1.807) is 18.2 Å². The molecular formula is C14H11BrN2O3S. The van der Waals surface area contributed by atoms with Gasteiger partial charge in [0, 0.05) is 21.7 Å². The SMILES string of the molecule is NC(=S)c1ccc(NC(=O)c2cc(O)cc(O)c2)c(Br)c1. The smallest absolute Gasteiger partial charge is 0.255 e. The fraction of sp³-hybridized carbons (Fsp3) is 0. The molecule has 0 fully saturated rings. The number of halogens is 1. The van der Waals surface area contributed by atoms with E-state index in [9.17, 15) is 15.0 Å². The zero-order valence-corrected chi connectivity index (χ0v) is 13.0. The number of benzene rings is 2. The lowest BCUT2D eigenvalue weighted by atomic mass is 10.1. The number of rotatable bonds is 3. The molecule has 21 heavy (non-hydrogen) atoms. The third-order valence-corrected chi connectivity index (χ3v) is 3.56. The average molecular weight is 367 g/mol. The Morgan fingerprint density at radius 2 is 1.71 bits per heavy atom. The van der Waals surface area contributed by atoms with Gasteiger partial charge in [-0.2, -0.15) is 0 Å². The maximum atomic E-state index is 12.1. The van der Waals surface area contributed by atoms with Crippen LogP contribution < -0.4 is 11.1 Å². The van der Waals surface area contributed by atoms with Crippen LogP contribution in [0.15, 0.2) is 40.9 Å². The van der Waals surface area contributed by atoms with Crippen molar-refractivity contribution < 1.29 is 15.0 Å². The molecule has 0 saturated carbocycles. The van der Waals surface area contributed by atoms with Gasteiger partial charge in [-0.05, 0) is 46.3 Å². The second-order valence-corrected chi connectivity index (χ2v) is 5.55. The molecule has 0 spiro atoms. The van der Waals surface area contributed by atoms with Crippen LogP contribution in [0.1, 0.15) is 15.9 Å². The van der Waals surface area contributed by atoms with Crippen molar-refractivity contribution in [1.29, 1.82) is 0 Å². The standard InChI is InChI=1S/C14H11BrN2O3S/c15-11-5-7(13(16)21)1-2-12(11)17-14(20)8-3-9(18)6-10(19)4-8/h1-6,18-19H,(H2,16,21)(H,17,20). The number of amides is 1. The number of thiocarbonyl (C=S) groups is 1. The maximum absolute atomic E-state index is 12.1. The van der Waals surface area contributed by atoms with Gasteiger partial charge in [0.15, 0.2) is 0 Å². The third kappa shape index (κ3) is 3.71. The zero-order chi connectivity index (χ0) is 15.6. The van der Waals surface area contributed by atoms with Gasteiger partial charge in [-0.15, -0.1) is 0 Å². The summed E-state index contributed by atoms with van der Waals surface area (Å²) in [6.07, 6.45) is 0. The summed E-state index contributed by atoms with van der Waals surface area (Å²) in [4.78, 5) is 12.3. The first-order valence-corrected chi connectivity index (χ1v) is 7.00. The number of anilines is 1. The normalized spacial score (nSPS) is 10.1. The number of hydrogen-bond acceptors (Lipinski definition) is 4. The number of nitrogens with one attached hydrogen (secondary N) is 1. The van der Waals surface area contributed by atoms with E-state index in [4.69, 9.17) is 18.0 Å². The van der Waals surface area contributed by atoms with Gasteiger partial charge in [0.25, 0.3) is 5.91 Å². The van der Waals surface area contributed by atoms with Crippen LogP contribution in [-0.2, 0) is 0 Å². The first kappa shape index (κ1) is 15.3. The molecule has 5 N–H and O–H groups in total. The van der Waals surface area contributed by atoms with Crippen molar-refractivity contribution in [1.82, 2.24) is 0 Å². The van der Waals surface area contributed by atoms with Crippen molar-refractivity contribution in [2.45, 2.75) is 0 Å². The second kappa shape index (κ2) is 6.11. The number of carbonyl (C=O) groups is 1. The Labute approximate surface area is 134 Å². The molecule has 7 heteroatoms. The largest absolute Gasteiger partial charge is 0.508 e. The lowest BCUT2D eigenvalue weighted by Crippen LogP contribution is -2.13. The number of carbonyl (C=O) groups excluding carboxylic acids is 1. The van der Waals surface area contributed by atoms with E-state index in [1.165, 1.54) is 12.1 Å². The van der Waals surface area contributed by atoms with Gasteiger partial charge in [-0.1, -0.05) is 12.2 Å². The minimum absolute atomic E-state index is 0.137. The van der Waals surface area contributed by atoms with Crippen molar-refractivity contribution in [2.24, 2.45) is 5.73 Å². The predicted molar refractivity (Wildman–Crippen MR) is 87.8 cm³/mol. The van der Waals surface area contributed by atoms with E-state index >= 15 is 0 Å². The second-order valence-electron chi connectivity index (χ2n) is 4.25. The highest BCUT2D eigenvalue weighted by Gasteiger charge is 2.11. The van der Waals surface area contributed by atoms with Crippen LogP contribution in [-0.4, -0.2) is 21.1 Å². The van der Waals surface area contributed by atoms with Crippen molar-refractivity contribution in [3.05, 3.63) is 52.0 Å². The van der Waals surface area contributed by atoms with Crippen molar-refractivity contribution >= 4 is 44.7 Å². The Morgan fingerprint density at radius 3 is 2.24 bits per heavy atom. The van der Waals surface area contributed by atoms with E-state index in [0.717, 1.165) is 6.07 Å². The van der Waals surface area contributed by atoms with Crippen LogP contribution in [0.2, 0.25) is 0 Å². The van der Waals surface area contributed by atoms with Crippen LogP contribution in [0.3, 0.4) is 0 Å². The topological polar surface area (TPSA) is 95.6 Å². The Hall–Kier alpha value is -2.12. The fourth-order valence-corrected chi connectivity index (χ4v) is 2.30. The molecule has 5 nitrogen and oxygen atoms in total. The zero-order valence-electron chi connectivity index (χ0n) is 10.6. The monoisotopic (exact) mass is 366 g/mol. The van der Waals surface area contributed by atoms with Gasteiger partial charge in [0.1, 0.15) is 16.5 Å². The summed E-state index contributed by atoms with van der Waals surface area (Å²) in [5.41, 5.74) is 6.85. The predicted octanol–water partition coefficient (Wildman–Crippen LogP) is 2.75. The third-order valence-electron chi connectivity index (χ3n) is 2.67. The average Bonchev–Trinajstić information content (AvgIpc) is 2.39. The van der Waals surface area contributed by atoms with E-state index in [-0.39, 0.29) is 22.1 Å². The Morgan fingerprint density at radius 1 is 1.10 bits per heavy atom. The molecular weight excluding hydrogens is 356 g/mol. The van der Waals surface area contributed by atoms with Crippen LogP contribution in [0.25, 0.3) is 0 Å². The molecule has 0 aliphatic heterocycles. The molecule has 0 radical (unpaired) electrons. The maximum Gasteiger partial charge on any atom is 0.255 e. The fourth-order valence-electron chi connectivity index (χ4n) is 1.69.